The zero-order valence-electron chi connectivity index (χ0n) is 15.2. The van der Waals surface area contributed by atoms with Crippen LogP contribution in [0.25, 0.3) is 21.9 Å². The number of nitrogens with one attached hydrogen (secondary N) is 1. The van der Waals surface area contributed by atoms with Gasteiger partial charge in [-0.15, -0.1) is 0 Å². The number of hydrogen-bond acceptors (Lipinski definition) is 5. The summed E-state index contributed by atoms with van der Waals surface area (Å²) in [6.45, 7) is 2.40. The van der Waals surface area contributed by atoms with Crippen molar-refractivity contribution in [3.8, 4) is 11.1 Å². The molecule has 0 atom stereocenters. The third-order valence-corrected chi connectivity index (χ3v) is 4.36. The quantitative estimate of drug-likeness (QED) is 0.599. The third-order valence-electron chi connectivity index (χ3n) is 4.36. The molecule has 0 unspecified atom stereocenters. The number of benzene rings is 2. The standard InChI is InChI=1S/C21H23N3O3/c1-15(27)23-21-20(19-5-3-2-4-17(19)14-22-21)16-6-8-18(9-7-16)24(10-12-25)11-13-26/h2-9,14,25-26H,10-13H2,1H3,(H,22,23,27). The molecule has 3 N–H and O–H groups in total. The molecule has 0 aliphatic rings. The van der Waals surface area contributed by atoms with E-state index in [1.165, 1.54) is 6.92 Å². The van der Waals surface area contributed by atoms with Gasteiger partial charge in [-0.2, -0.15) is 0 Å². The molecule has 0 aliphatic carbocycles. The van der Waals surface area contributed by atoms with E-state index < -0.39 is 0 Å². The molecule has 1 aromatic heterocycles. The van der Waals surface area contributed by atoms with Gasteiger partial charge < -0.3 is 20.4 Å². The number of nitrogens with zero attached hydrogens (tertiary/aromatic N) is 2. The van der Waals surface area contributed by atoms with Crippen molar-refractivity contribution in [1.82, 2.24) is 4.98 Å². The first-order valence-corrected chi connectivity index (χ1v) is 8.86. The summed E-state index contributed by atoms with van der Waals surface area (Å²) in [5.74, 6) is 0.351. The molecule has 0 aliphatic heterocycles. The van der Waals surface area contributed by atoms with Crippen molar-refractivity contribution in [3.63, 3.8) is 0 Å². The number of aliphatic hydroxyl groups excluding tert-OH is 2. The molecule has 3 aromatic rings. The van der Waals surface area contributed by atoms with Crippen molar-refractivity contribution in [1.29, 1.82) is 0 Å². The van der Waals surface area contributed by atoms with E-state index in [2.05, 4.69) is 10.3 Å². The van der Waals surface area contributed by atoms with Crippen molar-refractivity contribution in [2.24, 2.45) is 0 Å². The minimum Gasteiger partial charge on any atom is -0.395 e. The Hall–Kier alpha value is -2.96. The van der Waals surface area contributed by atoms with E-state index in [1.54, 1.807) is 6.20 Å². The molecule has 6 heteroatoms. The summed E-state index contributed by atoms with van der Waals surface area (Å²) in [7, 11) is 0. The van der Waals surface area contributed by atoms with Gasteiger partial charge in [-0.25, -0.2) is 4.98 Å². The molecule has 1 amide bonds. The molecular weight excluding hydrogens is 342 g/mol. The van der Waals surface area contributed by atoms with Gasteiger partial charge in [-0.1, -0.05) is 36.4 Å². The van der Waals surface area contributed by atoms with Crippen LogP contribution >= 0.6 is 0 Å². The summed E-state index contributed by atoms with van der Waals surface area (Å²) in [5.41, 5.74) is 2.71. The van der Waals surface area contributed by atoms with Crippen molar-refractivity contribution in [3.05, 3.63) is 54.7 Å². The van der Waals surface area contributed by atoms with E-state index in [0.717, 1.165) is 27.6 Å². The summed E-state index contributed by atoms with van der Waals surface area (Å²) < 4.78 is 0. The fraction of sp³-hybridized carbons (Fsp3) is 0.238. The van der Waals surface area contributed by atoms with Crippen LogP contribution < -0.4 is 10.2 Å². The maximum Gasteiger partial charge on any atom is 0.222 e. The molecule has 0 fully saturated rings. The normalized spacial score (nSPS) is 10.8. The molecular formula is C21H23N3O3. The Morgan fingerprint density at radius 3 is 2.33 bits per heavy atom. The molecule has 1 heterocycles. The molecule has 2 aromatic carbocycles. The molecule has 0 spiro atoms. The maximum absolute atomic E-state index is 11.6. The summed E-state index contributed by atoms with van der Waals surface area (Å²) in [4.78, 5) is 18.0. The fourth-order valence-electron chi connectivity index (χ4n) is 3.17. The smallest absolute Gasteiger partial charge is 0.222 e. The molecule has 3 rings (SSSR count). The molecule has 0 bridgehead atoms. The molecule has 27 heavy (non-hydrogen) atoms. The number of pyridine rings is 1. The van der Waals surface area contributed by atoms with Crippen molar-refractivity contribution in [2.75, 3.05) is 36.5 Å². The number of amides is 1. The van der Waals surface area contributed by atoms with Crippen molar-refractivity contribution < 1.29 is 15.0 Å². The fourth-order valence-corrected chi connectivity index (χ4v) is 3.17. The predicted molar refractivity (Wildman–Crippen MR) is 108 cm³/mol. The topological polar surface area (TPSA) is 85.7 Å². The number of rotatable bonds is 7. The van der Waals surface area contributed by atoms with Crippen LogP contribution in [0.1, 0.15) is 6.92 Å². The van der Waals surface area contributed by atoms with E-state index >= 15 is 0 Å². The first-order chi connectivity index (χ1) is 13.1. The highest BCUT2D eigenvalue weighted by molar-refractivity contribution is 6.04. The van der Waals surface area contributed by atoms with Gasteiger partial charge in [0.25, 0.3) is 0 Å². The van der Waals surface area contributed by atoms with Gasteiger partial charge in [0.1, 0.15) is 5.82 Å². The van der Waals surface area contributed by atoms with Crippen molar-refractivity contribution >= 4 is 28.2 Å². The molecule has 0 saturated carbocycles. The van der Waals surface area contributed by atoms with Gasteiger partial charge in [-0.05, 0) is 23.1 Å². The van der Waals surface area contributed by atoms with Gasteiger partial charge >= 0.3 is 0 Å². The average molecular weight is 365 g/mol. The average Bonchev–Trinajstić information content (AvgIpc) is 2.67. The number of fused-ring (bicyclic) bond motifs is 1. The number of anilines is 2. The number of carbonyl (C=O) groups is 1. The van der Waals surface area contributed by atoms with Crippen LogP contribution in [-0.2, 0) is 4.79 Å². The van der Waals surface area contributed by atoms with E-state index in [0.29, 0.717) is 18.9 Å². The lowest BCUT2D eigenvalue weighted by atomic mass is 9.99. The number of carbonyl (C=O) groups excluding carboxylic acids is 1. The highest BCUT2D eigenvalue weighted by atomic mass is 16.3. The van der Waals surface area contributed by atoms with Crippen LogP contribution in [0.4, 0.5) is 11.5 Å². The summed E-state index contributed by atoms with van der Waals surface area (Å²) >= 11 is 0. The zero-order chi connectivity index (χ0) is 19.2. The number of aromatic nitrogens is 1. The molecule has 0 radical (unpaired) electrons. The van der Waals surface area contributed by atoms with Gasteiger partial charge in [0.05, 0.1) is 13.2 Å². The Kier molecular flexibility index (Phi) is 6.01. The van der Waals surface area contributed by atoms with Crippen LogP contribution in [0.15, 0.2) is 54.7 Å². The molecule has 0 saturated heterocycles. The first kappa shape index (κ1) is 18.8. The Bertz CT molecular complexity index is 920. The maximum atomic E-state index is 11.6. The lowest BCUT2D eigenvalue weighted by molar-refractivity contribution is -0.114. The minimum absolute atomic E-state index is 0.0155. The van der Waals surface area contributed by atoms with Gasteiger partial charge in [0.15, 0.2) is 0 Å². The second-order valence-corrected chi connectivity index (χ2v) is 6.23. The second-order valence-electron chi connectivity index (χ2n) is 6.23. The van der Waals surface area contributed by atoms with Crippen LogP contribution in [0, 0.1) is 0 Å². The van der Waals surface area contributed by atoms with Crippen LogP contribution in [0.2, 0.25) is 0 Å². The minimum atomic E-state index is -0.173. The summed E-state index contributed by atoms with van der Waals surface area (Å²) in [6.07, 6.45) is 1.75. The lowest BCUT2D eigenvalue weighted by Gasteiger charge is -2.23. The lowest BCUT2D eigenvalue weighted by Crippen LogP contribution is -2.29. The predicted octanol–water partition coefficient (Wildman–Crippen LogP) is 2.65. The molecule has 140 valence electrons. The van der Waals surface area contributed by atoms with Gasteiger partial charge in [0.2, 0.25) is 5.91 Å². The SMILES string of the molecule is CC(=O)Nc1ncc2ccccc2c1-c1ccc(N(CCO)CCO)cc1. The Labute approximate surface area is 158 Å². The second kappa shape index (κ2) is 8.62. The molecule has 6 nitrogen and oxygen atoms in total. The van der Waals surface area contributed by atoms with Crippen LogP contribution in [0.3, 0.4) is 0 Å². The van der Waals surface area contributed by atoms with Crippen molar-refractivity contribution in [2.45, 2.75) is 6.92 Å². The van der Waals surface area contributed by atoms with Gasteiger partial charge in [0, 0.05) is 42.8 Å². The van der Waals surface area contributed by atoms with E-state index in [-0.39, 0.29) is 19.1 Å². The number of hydrogen-bond donors (Lipinski definition) is 3. The van der Waals surface area contributed by atoms with E-state index in [9.17, 15) is 15.0 Å². The van der Waals surface area contributed by atoms with Crippen LogP contribution in [-0.4, -0.2) is 47.4 Å². The highest BCUT2D eigenvalue weighted by Crippen LogP contribution is 2.34. The Morgan fingerprint density at radius 2 is 1.70 bits per heavy atom. The monoisotopic (exact) mass is 365 g/mol. The Morgan fingerprint density at radius 1 is 1.04 bits per heavy atom. The largest absolute Gasteiger partial charge is 0.395 e. The summed E-state index contributed by atoms with van der Waals surface area (Å²) in [6, 6.07) is 15.7. The van der Waals surface area contributed by atoms with E-state index in [4.69, 9.17) is 0 Å². The zero-order valence-corrected chi connectivity index (χ0v) is 15.2. The van der Waals surface area contributed by atoms with Crippen LogP contribution in [0.5, 0.6) is 0 Å². The third kappa shape index (κ3) is 4.24. The van der Waals surface area contributed by atoms with E-state index in [1.807, 2.05) is 53.4 Å². The highest BCUT2D eigenvalue weighted by Gasteiger charge is 2.13. The first-order valence-electron chi connectivity index (χ1n) is 8.86. The Balaban J connectivity index is 2.07. The van der Waals surface area contributed by atoms with Gasteiger partial charge in [-0.3, -0.25) is 4.79 Å². The summed E-state index contributed by atoms with van der Waals surface area (Å²) in [5, 5.41) is 23.3. The number of aliphatic hydroxyl groups is 2.